The highest BCUT2D eigenvalue weighted by Crippen LogP contribution is 2.13. The summed E-state index contributed by atoms with van der Waals surface area (Å²) in [5.41, 5.74) is 3.41. The van der Waals surface area contributed by atoms with Crippen LogP contribution >= 0.6 is 0 Å². The molecule has 0 bridgehead atoms. The van der Waals surface area contributed by atoms with E-state index < -0.39 is 0 Å². The number of methoxy groups -OCH3 is 1. The van der Waals surface area contributed by atoms with Crippen molar-refractivity contribution in [2.75, 3.05) is 13.7 Å². The van der Waals surface area contributed by atoms with Gasteiger partial charge in [0, 0.05) is 19.6 Å². The topological polar surface area (TPSA) is 41.6 Å². The lowest BCUT2D eigenvalue weighted by molar-refractivity contribution is -0.122. The van der Waals surface area contributed by atoms with E-state index in [-0.39, 0.29) is 5.91 Å². The third-order valence-corrected chi connectivity index (χ3v) is 4.49. The maximum atomic E-state index is 12.6. The van der Waals surface area contributed by atoms with Crippen molar-refractivity contribution < 1.29 is 9.53 Å². The lowest BCUT2D eigenvalue weighted by Gasteiger charge is -2.22. The number of hydrogen-bond acceptors (Lipinski definition) is 3. The van der Waals surface area contributed by atoms with Gasteiger partial charge in [0.25, 0.3) is 0 Å². The molecule has 3 aromatic carbocycles. The molecule has 1 N–H and O–H groups in total. The van der Waals surface area contributed by atoms with Gasteiger partial charge in [0.1, 0.15) is 5.75 Å². The van der Waals surface area contributed by atoms with E-state index >= 15 is 0 Å². The first-order valence-corrected chi connectivity index (χ1v) is 9.43. The van der Waals surface area contributed by atoms with Crippen molar-refractivity contribution in [3.63, 3.8) is 0 Å². The zero-order valence-electron chi connectivity index (χ0n) is 16.2. The Balaban J connectivity index is 1.61. The number of rotatable bonds is 9. The Morgan fingerprint density at radius 3 is 1.96 bits per heavy atom. The van der Waals surface area contributed by atoms with E-state index in [9.17, 15) is 4.79 Å². The molecule has 0 saturated carbocycles. The second kappa shape index (κ2) is 10.3. The largest absolute Gasteiger partial charge is 0.497 e. The van der Waals surface area contributed by atoms with Crippen LogP contribution < -0.4 is 10.1 Å². The van der Waals surface area contributed by atoms with E-state index in [1.54, 1.807) is 7.11 Å². The van der Waals surface area contributed by atoms with E-state index in [1.807, 2.05) is 60.7 Å². The van der Waals surface area contributed by atoms with Crippen molar-refractivity contribution >= 4 is 5.91 Å². The van der Waals surface area contributed by atoms with Gasteiger partial charge in [-0.2, -0.15) is 0 Å². The zero-order chi connectivity index (χ0) is 19.6. The van der Waals surface area contributed by atoms with E-state index in [1.165, 1.54) is 11.1 Å². The summed E-state index contributed by atoms with van der Waals surface area (Å²) in [6, 6.07) is 28.2. The molecule has 1 amide bonds. The van der Waals surface area contributed by atoms with Gasteiger partial charge in [-0.1, -0.05) is 72.8 Å². The Morgan fingerprint density at radius 2 is 1.39 bits per heavy atom. The molecule has 0 heterocycles. The number of benzene rings is 3. The molecule has 0 aliphatic carbocycles. The van der Waals surface area contributed by atoms with Gasteiger partial charge in [-0.15, -0.1) is 0 Å². The van der Waals surface area contributed by atoms with Gasteiger partial charge in [0.05, 0.1) is 13.7 Å². The van der Waals surface area contributed by atoms with Crippen molar-refractivity contribution in [2.24, 2.45) is 0 Å². The minimum Gasteiger partial charge on any atom is -0.497 e. The van der Waals surface area contributed by atoms with Gasteiger partial charge in [0.15, 0.2) is 0 Å². The molecule has 3 rings (SSSR count). The fourth-order valence-electron chi connectivity index (χ4n) is 3.09. The van der Waals surface area contributed by atoms with Gasteiger partial charge in [-0.25, -0.2) is 0 Å². The number of ether oxygens (including phenoxy) is 1. The first kappa shape index (κ1) is 19.6. The van der Waals surface area contributed by atoms with Crippen molar-refractivity contribution in [1.82, 2.24) is 10.2 Å². The summed E-state index contributed by atoms with van der Waals surface area (Å²) in [6.07, 6.45) is 0. The highest BCUT2D eigenvalue weighted by atomic mass is 16.5. The highest BCUT2D eigenvalue weighted by Gasteiger charge is 2.12. The Labute approximate surface area is 166 Å². The predicted molar refractivity (Wildman–Crippen MR) is 112 cm³/mol. The van der Waals surface area contributed by atoms with Crippen LogP contribution in [0.25, 0.3) is 0 Å². The van der Waals surface area contributed by atoms with Crippen molar-refractivity contribution in [3.05, 3.63) is 102 Å². The molecule has 4 heteroatoms. The van der Waals surface area contributed by atoms with Gasteiger partial charge in [-0.05, 0) is 28.8 Å². The summed E-state index contributed by atoms with van der Waals surface area (Å²) in [4.78, 5) is 14.7. The molecule has 0 fully saturated rings. The minimum absolute atomic E-state index is 0.00896. The standard InChI is InChI=1S/C24H26N2O2/c1-28-23-14-8-13-22(15-23)16-25-24(27)19-26(17-20-9-4-2-5-10-20)18-21-11-6-3-7-12-21/h2-15H,16-19H2,1H3,(H,25,27). The van der Waals surface area contributed by atoms with Crippen LogP contribution in [-0.2, 0) is 24.4 Å². The second-order valence-electron chi connectivity index (χ2n) is 6.74. The van der Waals surface area contributed by atoms with Gasteiger partial charge < -0.3 is 10.1 Å². The molecule has 0 aromatic heterocycles. The Kier molecular flexibility index (Phi) is 7.21. The summed E-state index contributed by atoms with van der Waals surface area (Å²) < 4.78 is 5.24. The molecule has 0 unspecified atom stereocenters. The summed E-state index contributed by atoms with van der Waals surface area (Å²) in [5.74, 6) is 0.802. The maximum absolute atomic E-state index is 12.6. The third kappa shape index (κ3) is 6.25. The molecule has 0 saturated heterocycles. The molecule has 28 heavy (non-hydrogen) atoms. The number of nitrogens with one attached hydrogen (secondary N) is 1. The first-order chi connectivity index (χ1) is 13.7. The Hall–Kier alpha value is -3.11. The molecule has 4 nitrogen and oxygen atoms in total. The van der Waals surface area contributed by atoms with Crippen molar-refractivity contribution in [3.8, 4) is 5.75 Å². The third-order valence-electron chi connectivity index (χ3n) is 4.49. The highest BCUT2D eigenvalue weighted by molar-refractivity contribution is 5.78. The number of carbonyl (C=O) groups excluding carboxylic acids is 1. The predicted octanol–water partition coefficient (Wildman–Crippen LogP) is 4.01. The lowest BCUT2D eigenvalue weighted by Crippen LogP contribution is -2.36. The van der Waals surface area contributed by atoms with Gasteiger partial charge >= 0.3 is 0 Å². The summed E-state index contributed by atoms with van der Waals surface area (Å²) in [6.45, 7) is 2.28. The van der Waals surface area contributed by atoms with E-state index in [4.69, 9.17) is 4.74 Å². The summed E-state index contributed by atoms with van der Waals surface area (Å²) >= 11 is 0. The first-order valence-electron chi connectivity index (χ1n) is 9.43. The SMILES string of the molecule is COc1cccc(CNC(=O)CN(Cc2ccccc2)Cc2ccccc2)c1. The zero-order valence-corrected chi connectivity index (χ0v) is 16.2. The van der Waals surface area contributed by atoms with Crippen LogP contribution in [0.2, 0.25) is 0 Å². The molecule has 0 atom stereocenters. The van der Waals surface area contributed by atoms with Crippen LogP contribution in [-0.4, -0.2) is 24.5 Å². The van der Waals surface area contributed by atoms with Crippen molar-refractivity contribution in [1.29, 1.82) is 0 Å². The van der Waals surface area contributed by atoms with Crippen LogP contribution in [0.4, 0.5) is 0 Å². The van der Waals surface area contributed by atoms with Gasteiger partial charge in [-0.3, -0.25) is 9.69 Å². The van der Waals surface area contributed by atoms with Gasteiger partial charge in [0.2, 0.25) is 5.91 Å². The van der Waals surface area contributed by atoms with Crippen LogP contribution in [0.3, 0.4) is 0 Å². The van der Waals surface area contributed by atoms with Crippen LogP contribution in [0.15, 0.2) is 84.9 Å². The molecule has 3 aromatic rings. The molecule has 144 valence electrons. The average Bonchev–Trinajstić information content (AvgIpc) is 2.74. The molecule has 0 aliphatic rings. The number of hydrogen-bond donors (Lipinski definition) is 1. The molecule has 0 spiro atoms. The monoisotopic (exact) mass is 374 g/mol. The second-order valence-corrected chi connectivity index (χ2v) is 6.74. The maximum Gasteiger partial charge on any atom is 0.234 e. The summed E-state index contributed by atoms with van der Waals surface area (Å²) in [7, 11) is 1.64. The molecule has 0 aliphatic heterocycles. The Bertz CT molecular complexity index is 825. The quantitative estimate of drug-likeness (QED) is 0.615. The number of amides is 1. The van der Waals surface area contributed by atoms with Crippen molar-refractivity contribution in [2.45, 2.75) is 19.6 Å². The average molecular weight is 374 g/mol. The normalized spacial score (nSPS) is 10.6. The Morgan fingerprint density at radius 1 is 0.821 bits per heavy atom. The summed E-state index contributed by atoms with van der Waals surface area (Å²) in [5, 5.41) is 3.02. The van der Waals surface area contributed by atoms with E-state index in [0.717, 1.165) is 24.4 Å². The van der Waals surface area contributed by atoms with E-state index in [2.05, 4.69) is 34.5 Å². The lowest BCUT2D eigenvalue weighted by atomic mass is 10.1. The minimum atomic E-state index is 0.00896. The number of nitrogens with zero attached hydrogens (tertiary/aromatic N) is 1. The molecular formula is C24H26N2O2. The van der Waals surface area contributed by atoms with Crippen LogP contribution in [0.5, 0.6) is 5.75 Å². The smallest absolute Gasteiger partial charge is 0.234 e. The fourth-order valence-corrected chi connectivity index (χ4v) is 3.09. The van der Waals surface area contributed by atoms with E-state index in [0.29, 0.717) is 13.1 Å². The molecular weight excluding hydrogens is 348 g/mol. The van der Waals surface area contributed by atoms with Crippen LogP contribution in [0, 0.1) is 0 Å². The molecule has 0 radical (unpaired) electrons. The van der Waals surface area contributed by atoms with Crippen LogP contribution in [0.1, 0.15) is 16.7 Å². The fraction of sp³-hybridized carbons (Fsp3) is 0.208. The number of carbonyl (C=O) groups is 1.